The van der Waals surface area contributed by atoms with E-state index in [4.69, 9.17) is 14.9 Å². The van der Waals surface area contributed by atoms with Crippen LogP contribution in [0.4, 0.5) is 16.2 Å². The largest absolute Gasteiger partial charge is 0.480 e. The van der Waals surface area contributed by atoms with Crippen molar-refractivity contribution in [1.82, 2.24) is 0 Å². The number of ether oxygens (including phenoxy) is 1. The molecule has 0 saturated heterocycles. The maximum absolute atomic E-state index is 11.8. The van der Waals surface area contributed by atoms with E-state index in [1.54, 1.807) is 39.8 Å². The number of carbonyl (C=O) groups is 3. The molecule has 8 nitrogen and oxygen atoms in total. The minimum Gasteiger partial charge on any atom is -0.480 e. The lowest BCUT2D eigenvalue weighted by molar-refractivity contribution is -0.136. The third-order valence-electron chi connectivity index (χ3n) is 2.85. The number of anilines is 2. The standard InChI is InChI=1S/C16H22N2O6/c1-10-5-6-11(17-15(23)24-16(2,3)4)7-12(10)18(8-13(19)20)9-14(21)22/h5-7H,8-9H2,1-4H3,(H,17,23)(H,19,20)(H,21,22). The van der Waals surface area contributed by atoms with Gasteiger partial charge >= 0.3 is 18.0 Å². The summed E-state index contributed by atoms with van der Waals surface area (Å²) >= 11 is 0. The number of nitrogens with one attached hydrogen (secondary N) is 1. The van der Waals surface area contributed by atoms with E-state index in [1.807, 2.05) is 0 Å². The van der Waals surface area contributed by atoms with Gasteiger partial charge < -0.3 is 19.8 Å². The first kappa shape index (κ1) is 19.3. The average molecular weight is 338 g/mol. The van der Waals surface area contributed by atoms with Gasteiger partial charge in [-0.3, -0.25) is 14.9 Å². The fourth-order valence-electron chi connectivity index (χ4n) is 2.00. The molecule has 1 aromatic rings. The first-order valence-electron chi connectivity index (χ1n) is 7.27. The summed E-state index contributed by atoms with van der Waals surface area (Å²) in [6.07, 6.45) is -0.652. The molecular formula is C16H22N2O6. The molecule has 0 heterocycles. The Morgan fingerprint density at radius 2 is 1.67 bits per heavy atom. The SMILES string of the molecule is Cc1ccc(NC(=O)OC(C)(C)C)cc1N(CC(=O)O)CC(=O)O. The molecule has 1 rings (SSSR count). The molecule has 0 aliphatic carbocycles. The quantitative estimate of drug-likeness (QED) is 0.729. The van der Waals surface area contributed by atoms with Gasteiger partial charge in [0.25, 0.3) is 0 Å². The topological polar surface area (TPSA) is 116 Å². The second kappa shape index (κ2) is 7.67. The Balaban J connectivity index is 3.04. The minimum absolute atomic E-state index is 0.380. The van der Waals surface area contributed by atoms with Gasteiger partial charge in [-0.1, -0.05) is 6.07 Å². The number of aryl methyl sites for hydroxylation is 1. The summed E-state index contributed by atoms with van der Waals surface area (Å²) in [5.41, 5.74) is 0.821. The third-order valence-corrected chi connectivity index (χ3v) is 2.85. The van der Waals surface area contributed by atoms with E-state index in [9.17, 15) is 14.4 Å². The molecule has 0 spiro atoms. The lowest BCUT2D eigenvalue weighted by Gasteiger charge is -2.24. The van der Waals surface area contributed by atoms with Gasteiger partial charge in [-0.05, 0) is 45.4 Å². The number of hydrogen-bond acceptors (Lipinski definition) is 5. The Kier molecular flexibility index (Phi) is 6.16. The van der Waals surface area contributed by atoms with E-state index in [0.29, 0.717) is 16.9 Å². The van der Waals surface area contributed by atoms with Gasteiger partial charge in [0.1, 0.15) is 18.7 Å². The van der Waals surface area contributed by atoms with Crippen LogP contribution in [0.1, 0.15) is 26.3 Å². The number of carboxylic acids is 2. The highest BCUT2D eigenvalue weighted by Gasteiger charge is 2.19. The van der Waals surface area contributed by atoms with Crippen molar-refractivity contribution < 1.29 is 29.3 Å². The van der Waals surface area contributed by atoms with Crippen molar-refractivity contribution in [3.63, 3.8) is 0 Å². The number of amides is 1. The highest BCUT2D eigenvalue weighted by molar-refractivity contribution is 5.87. The van der Waals surface area contributed by atoms with Gasteiger partial charge in [0.15, 0.2) is 0 Å². The van der Waals surface area contributed by atoms with E-state index in [-0.39, 0.29) is 0 Å². The number of carbonyl (C=O) groups excluding carboxylic acids is 1. The predicted molar refractivity (Wildman–Crippen MR) is 88.5 cm³/mol. The monoisotopic (exact) mass is 338 g/mol. The van der Waals surface area contributed by atoms with E-state index < -0.39 is 36.7 Å². The highest BCUT2D eigenvalue weighted by Crippen LogP contribution is 2.25. The van der Waals surface area contributed by atoms with Gasteiger partial charge in [0.2, 0.25) is 0 Å². The molecule has 0 bridgehead atoms. The van der Waals surface area contributed by atoms with Crippen LogP contribution in [-0.2, 0) is 14.3 Å². The number of carboxylic acid groups (broad SMARTS) is 2. The lowest BCUT2D eigenvalue weighted by Crippen LogP contribution is -2.35. The van der Waals surface area contributed by atoms with Crippen molar-refractivity contribution in [2.75, 3.05) is 23.3 Å². The number of nitrogens with zero attached hydrogens (tertiary/aromatic N) is 1. The fraction of sp³-hybridized carbons (Fsp3) is 0.438. The first-order chi connectivity index (χ1) is 11.0. The van der Waals surface area contributed by atoms with E-state index in [2.05, 4.69) is 5.32 Å². The third kappa shape index (κ3) is 6.55. The lowest BCUT2D eigenvalue weighted by atomic mass is 10.1. The number of aliphatic carboxylic acids is 2. The second-order valence-corrected chi connectivity index (χ2v) is 6.27. The van der Waals surface area contributed by atoms with Crippen LogP contribution >= 0.6 is 0 Å². The summed E-state index contributed by atoms with van der Waals surface area (Å²) in [4.78, 5) is 35.0. The van der Waals surface area contributed by atoms with Crippen LogP contribution in [0.25, 0.3) is 0 Å². The van der Waals surface area contributed by atoms with Crippen molar-refractivity contribution in [1.29, 1.82) is 0 Å². The highest BCUT2D eigenvalue weighted by atomic mass is 16.6. The van der Waals surface area contributed by atoms with Crippen molar-refractivity contribution in [2.45, 2.75) is 33.3 Å². The molecular weight excluding hydrogens is 316 g/mol. The Hall–Kier alpha value is -2.77. The molecule has 0 unspecified atom stereocenters. The fourth-order valence-corrected chi connectivity index (χ4v) is 2.00. The molecule has 0 aliphatic heterocycles. The van der Waals surface area contributed by atoms with Crippen molar-refractivity contribution >= 4 is 29.4 Å². The van der Waals surface area contributed by atoms with Gasteiger partial charge in [-0.15, -0.1) is 0 Å². The maximum atomic E-state index is 11.8. The first-order valence-corrected chi connectivity index (χ1v) is 7.27. The number of hydrogen-bond donors (Lipinski definition) is 3. The summed E-state index contributed by atoms with van der Waals surface area (Å²) in [6, 6.07) is 4.81. The molecule has 1 amide bonds. The average Bonchev–Trinajstić information content (AvgIpc) is 2.36. The zero-order valence-corrected chi connectivity index (χ0v) is 14.1. The summed E-state index contributed by atoms with van der Waals surface area (Å²) in [6.45, 7) is 5.98. The molecule has 3 N–H and O–H groups in total. The minimum atomic E-state index is -1.15. The maximum Gasteiger partial charge on any atom is 0.412 e. The molecule has 24 heavy (non-hydrogen) atoms. The van der Waals surface area contributed by atoms with E-state index in [1.165, 1.54) is 11.0 Å². The van der Waals surface area contributed by atoms with Crippen LogP contribution < -0.4 is 10.2 Å². The predicted octanol–water partition coefficient (Wildman–Crippen LogP) is 2.32. The zero-order chi connectivity index (χ0) is 18.5. The summed E-state index contributed by atoms with van der Waals surface area (Å²) in [7, 11) is 0. The number of rotatable bonds is 6. The molecule has 0 saturated carbocycles. The molecule has 8 heteroatoms. The Morgan fingerprint density at radius 3 is 2.12 bits per heavy atom. The van der Waals surface area contributed by atoms with Crippen LogP contribution in [0, 0.1) is 6.92 Å². The summed E-state index contributed by atoms with van der Waals surface area (Å²) in [5.74, 6) is -2.30. The number of benzene rings is 1. The van der Waals surface area contributed by atoms with Crippen LogP contribution in [0.15, 0.2) is 18.2 Å². The Labute approximate surface area is 140 Å². The summed E-state index contributed by atoms with van der Waals surface area (Å²) in [5, 5.41) is 20.5. The molecule has 0 aromatic heterocycles. The molecule has 0 atom stereocenters. The smallest absolute Gasteiger partial charge is 0.412 e. The van der Waals surface area contributed by atoms with Crippen LogP contribution in [-0.4, -0.2) is 46.9 Å². The Bertz CT molecular complexity index is 620. The van der Waals surface area contributed by atoms with Crippen LogP contribution in [0.3, 0.4) is 0 Å². The zero-order valence-electron chi connectivity index (χ0n) is 14.1. The van der Waals surface area contributed by atoms with Crippen LogP contribution in [0.2, 0.25) is 0 Å². The molecule has 132 valence electrons. The second-order valence-electron chi connectivity index (χ2n) is 6.27. The summed E-state index contributed by atoms with van der Waals surface area (Å²) < 4.78 is 5.15. The van der Waals surface area contributed by atoms with Crippen molar-refractivity contribution in [3.05, 3.63) is 23.8 Å². The van der Waals surface area contributed by atoms with Crippen molar-refractivity contribution in [3.8, 4) is 0 Å². The van der Waals surface area contributed by atoms with Crippen molar-refractivity contribution in [2.24, 2.45) is 0 Å². The van der Waals surface area contributed by atoms with Gasteiger partial charge in [0, 0.05) is 11.4 Å². The molecule has 0 aliphatic rings. The molecule has 0 fully saturated rings. The van der Waals surface area contributed by atoms with E-state index in [0.717, 1.165) is 0 Å². The Morgan fingerprint density at radius 1 is 1.12 bits per heavy atom. The normalized spacial score (nSPS) is 10.8. The van der Waals surface area contributed by atoms with Gasteiger partial charge in [0.05, 0.1) is 0 Å². The van der Waals surface area contributed by atoms with Gasteiger partial charge in [-0.2, -0.15) is 0 Å². The molecule has 1 aromatic carbocycles. The van der Waals surface area contributed by atoms with Gasteiger partial charge in [-0.25, -0.2) is 4.79 Å². The van der Waals surface area contributed by atoms with E-state index >= 15 is 0 Å². The molecule has 0 radical (unpaired) electrons. The van der Waals surface area contributed by atoms with Crippen LogP contribution in [0.5, 0.6) is 0 Å².